The maximum Gasteiger partial charge on any atom is 0.156 e. The number of benzene rings is 1. The summed E-state index contributed by atoms with van der Waals surface area (Å²) in [5.41, 5.74) is 9.03. The van der Waals surface area contributed by atoms with Gasteiger partial charge in [-0.2, -0.15) is 0 Å². The predicted molar refractivity (Wildman–Crippen MR) is 83.3 cm³/mol. The molecule has 112 valence electrons. The fourth-order valence-electron chi connectivity index (χ4n) is 3.87. The fourth-order valence-corrected chi connectivity index (χ4v) is 3.87. The molecule has 0 heterocycles. The van der Waals surface area contributed by atoms with Crippen molar-refractivity contribution in [2.24, 2.45) is 5.41 Å². The summed E-state index contributed by atoms with van der Waals surface area (Å²) in [6.07, 6.45) is 8.66. The molecule has 2 aliphatic rings. The Morgan fingerprint density at radius 2 is 2.05 bits per heavy atom. The second kappa shape index (κ2) is 5.28. The molecule has 0 fully saturated rings. The van der Waals surface area contributed by atoms with Gasteiger partial charge in [-0.25, -0.2) is 4.39 Å². The number of rotatable bonds is 3. The quantitative estimate of drug-likeness (QED) is 0.843. The first-order valence-corrected chi connectivity index (χ1v) is 7.89. The molecule has 2 N–H and O–H groups in total. The van der Waals surface area contributed by atoms with Crippen molar-refractivity contribution in [2.45, 2.75) is 51.9 Å². The number of halogens is 1. The van der Waals surface area contributed by atoms with Gasteiger partial charge in [-0.1, -0.05) is 19.8 Å². The smallest absolute Gasteiger partial charge is 0.156 e. The van der Waals surface area contributed by atoms with Crippen LogP contribution < -0.4 is 5.73 Å². The van der Waals surface area contributed by atoms with Crippen molar-refractivity contribution < 1.29 is 9.18 Å². The Morgan fingerprint density at radius 1 is 1.29 bits per heavy atom. The van der Waals surface area contributed by atoms with Crippen LogP contribution in [0, 0.1) is 11.2 Å². The molecule has 1 aromatic carbocycles. The van der Waals surface area contributed by atoms with Crippen LogP contribution in [0.15, 0.2) is 18.2 Å². The maximum atomic E-state index is 13.9. The number of carbonyl (C=O) groups excluding carboxylic acids is 1. The predicted octanol–water partition coefficient (Wildman–Crippen LogP) is 4.28. The van der Waals surface area contributed by atoms with Crippen LogP contribution in [0.25, 0.3) is 5.57 Å². The zero-order chi connectivity index (χ0) is 15.0. The van der Waals surface area contributed by atoms with E-state index in [0.29, 0.717) is 6.42 Å². The lowest BCUT2D eigenvalue weighted by Crippen LogP contribution is -2.32. The molecule has 1 unspecified atom stereocenters. The van der Waals surface area contributed by atoms with Crippen molar-refractivity contribution >= 4 is 17.0 Å². The molecule has 0 bridgehead atoms. The summed E-state index contributed by atoms with van der Waals surface area (Å²) in [6, 6.07) is 3.28. The first kappa shape index (κ1) is 14.3. The molecule has 0 saturated carbocycles. The Labute approximate surface area is 125 Å². The van der Waals surface area contributed by atoms with Gasteiger partial charge in [-0.3, -0.25) is 4.79 Å². The number of hydrogen-bond donors (Lipinski definition) is 1. The number of aryl methyl sites for hydroxylation is 1. The summed E-state index contributed by atoms with van der Waals surface area (Å²) in [7, 11) is 0. The van der Waals surface area contributed by atoms with Crippen LogP contribution >= 0.6 is 0 Å². The highest BCUT2D eigenvalue weighted by molar-refractivity contribution is 6.00. The molecule has 3 heteroatoms. The zero-order valence-electron chi connectivity index (χ0n) is 12.5. The SMILES string of the molecule is CCCCC12CCC(=O)C=C1c1cc(F)c(N)cc1CC2. The largest absolute Gasteiger partial charge is 0.396 e. The number of carbonyl (C=O) groups is 1. The fraction of sp³-hybridized carbons (Fsp3) is 0.500. The van der Waals surface area contributed by atoms with Crippen molar-refractivity contribution in [2.75, 3.05) is 5.73 Å². The van der Waals surface area contributed by atoms with Gasteiger partial charge in [0.05, 0.1) is 5.69 Å². The number of anilines is 1. The van der Waals surface area contributed by atoms with E-state index in [1.165, 1.54) is 6.07 Å². The van der Waals surface area contributed by atoms with Gasteiger partial charge in [-0.15, -0.1) is 0 Å². The second-order valence-corrected chi connectivity index (χ2v) is 6.44. The Kier molecular flexibility index (Phi) is 3.60. The number of ketones is 1. The minimum atomic E-state index is -0.376. The lowest BCUT2D eigenvalue weighted by Gasteiger charge is -2.43. The van der Waals surface area contributed by atoms with Crippen LogP contribution in [0.5, 0.6) is 0 Å². The molecule has 21 heavy (non-hydrogen) atoms. The van der Waals surface area contributed by atoms with E-state index in [1.54, 1.807) is 12.1 Å². The van der Waals surface area contributed by atoms with Gasteiger partial charge >= 0.3 is 0 Å². The van der Waals surface area contributed by atoms with Crippen LogP contribution in [0.4, 0.5) is 10.1 Å². The third-order valence-electron chi connectivity index (χ3n) is 5.12. The molecule has 0 saturated heterocycles. The summed E-state index contributed by atoms with van der Waals surface area (Å²) < 4.78 is 13.9. The average Bonchev–Trinajstić information content (AvgIpc) is 2.47. The summed E-state index contributed by atoms with van der Waals surface area (Å²) in [5.74, 6) is -0.207. The molecular weight excluding hydrogens is 265 g/mol. The van der Waals surface area contributed by atoms with Gasteiger partial charge < -0.3 is 5.73 Å². The highest BCUT2D eigenvalue weighted by Crippen LogP contribution is 2.53. The van der Waals surface area contributed by atoms with Crippen LogP contribution in [-0.2, 0) is 11.2 Å². The Morgan fingerprint density at radius 3 is 2.81 bits per heavy atom. The molecule has 0 spiro atoms. The third-order valence-corrected chi connectivity index (χ3v) is 5.12. The summed E-state index contributed by atoms with van der Waals surface area (Å²) in [6.45, 7) is 2.19. The molecule has 2 nitrogen and oxygen atoms in total. The van der Waals surface area contributed by atoms with Crippen LogP contribution in [0.3, 0.4) is 0 Å². The molecule has 0 aliphatic heterocycles. The van der Waals surface area contributed by atoms with Gasteiger partial charge in [0, 0.05) is 6.42 Å². The van der Waals surface area contributed by atoms with Crippen molar-refractivity contribution in [1.82, 2.24) is 0 Å². The standard InChI is InChI=1S/C18H22FNO/c1-2-3-6-18-7-4-12-9-17(20)16(19)11-14(12)15(18)10-13(21)5-8-18/h9-11H,2-8,20H2,1H3. The topological polar surface area (TPSA) is 43.1 Å². The summed E-state index contributed by atoms with van der Waals surface area (Å²) >= 11 is 0. The highest BCUT2D eigenvalue weighted by Gasteiger charge is 2.41. The first-order valence-electron chi connectivity index (χ1n) is 7.89. The molecule has 1 atom stereocenters. The number of unbranched alkanes of at least 4 members (excludes halogenated alkanes) is 1. The van der Waals surface area contributed by atoms with Crippen molar-refractivity contribution in [1.29, 1.82) is 0 Å². The van der Waals surface area contributed by atoms with Crippen LogP contribution in [-0.4, -0.2) is 5.78 Å². The minimum absolute atomic E-state index is 0.0689. The summed E-state index contributed by atoms with van der Waals surface area (Å²) in [5, 5.41) is 0. The molecular formula is C18H22FNO. The molecule has 3 rings (SSSR count). The van der Waals surface area contributed by atoms with Gasteiger partial charge in [0.15, 0.2) is 5.78 Å². The van der Waals surface area contributed by atoms with E-state index in [-0.39, 0.29) is 22.7 Å². The van der Waals surface area contributed by atoms with E-state index in [1.807, 2.05) is 0 Å². The van der Waals surface area contributed by atoms with E-state index in [9.17, 15) is 9.18 Å². The number of allylic oxidation sites excluding steroid dienone is 2. The molecule has 0 radical (unpaired) electrons. The number of hydrogen-bond acceptors (Lipinski definition) is 2. The van der Waals surface area contributed by atoms with Gasteiger partial charge in [0.2, 0.25) is 0 Å². The van der Waals surface area contributed by atoms with Crippen LogP contribution in [0.2, 0.25) is 0 Å². The third kappa shape index (κ3) is 2.39. The first-order chi connectivity index (χ1) is 10.1. The van der Waals surface area contributed by atoms with E-state index >= 15 is 0 Å². The second-order valence-electron chi connectivity index (χ2n) is 6.44. The Balaban J connectivity index is 2.11. The van der Waals surface area contributed by atoms with Gasteiger partial charge in [0.1, 0.15) is 5.82 Å². The van der Waals surface area contributed by atoms with E-state index < -0.39 is 0 Å². The monoisotopic (exact) mass is 287 g/mol. The highest BCUT2D eigenvalue weighted by atomic mass is 19.1. The molecule has 2 aliphatic carbocycles. The summed E-state index contributed by atoms with van der Waals surface area (Å²) in [4.78, 5) is 11.9. The van der Waals surface area contributed by atoms with E-state index in [0.717, 1.165) is 55.2 Å². The lowest BCUT2D eigenvalue weighted by atomic mass is 9.61. The van der Waals surface area contributed by atoms with Gasteiger partial charge in [-0.05, 0) is 66.0 Å². The van der Waals surface area contributed by atoms with E-state index in [2.05, 4.69) is 6.92 Å². The molecule has 1 aromatic rings. The van der Waals surface area contributed by atoms with E-state index in [4.69, 9.17) is 5.73 Å². The van der Waals surface area contributed by atoms with Crippen molar-refractivity contribution in [3.63, 3.8) is 0 Å². The van der Waals surface area contributed by atoms with Gasteiger partial charge in [0.25, 0.3) is 0 Å². The number of nitrogens with two attached hydrogens (primary N) is 1. The zero-order valence-corrected chi connectivity index (χ0v) is 12.5. The van der Waals surface area contributed by atoms with Crippen molar-refractivity contribution in [3.05, 3.63) is 35.2 Å². The lowest BCUT2D eigenvalue weighted by molar-refractivity contribution is -0.115. The minimum Gasteiger partial charge on any atom is -0.396 e. The average molecular weight is 287 g/mol. The number of fused-ring (bicyclic) bond motifs is 3. The van der Waals surface area contributed by atoms with Crippen LogP contribution in [0.1, 0.15) is 56.6 Å². The maximum absolute atomic E-state index is 13.9. The Hall–Kier alpha value is -1.64. The normalized spacial score (nSPS) is 24.3. The Bertz CT molecular complexity index is 620. The number of nitrogen functional groups attached to an aromatic ring is 1. The molecule has 0 amide bonds. The van der Waals surface area contributed by atoms with Crippen molar-refractivity contribution in [3.8, 4) is 0 Å². The molecule has 0 aromatic heterocycles.